The van der Waals surface area contributed by atoms with Gasteiger partial charge in [0.25, 0.3) is 0 Å². The molecule has 1 aliphatic rings. The molecule has 12 heavy (non-hydrogen) atoms. The maximum Gasteiger partial charge on any atom is 0.226 e. The second-order valence-electron chi connectivity index (χ2n) is 4.37. The van der Waals surface area contributed by atoms with E-state index in [0.717, 1.165) is 6.42 Å². The summed E-state index contributed by atoms with van der Waals surface area (Å²) in [4.78, 5) is 11.6. The molecule has 1 N–H and O–H groups in total. The van der Waals surface area contributed by atoms with Gasteiger partial charge in [-0.2, -0.15) is 12.6 Å². The molecule has 2 nitrogen and oxygen atoms in total. The predicted octanol–water partition coefficient (Wildman–Crippen LogP) is 1.47. The molecule has 3 heteroatoms. The highest BCUT2D eigenvalue weighted by Gasteiger charge is 2.62. The Labute approximate surface area is 79.5 Å². The quantitative estimate of drug-likeness (QED) is 0.644. The molecule has 1 atom stereocenters. The van der Waals surface area contributed by atoms with Gasteiger partial charge in [-0.05, 0) is 11.8 Å². The lowest BCUT2D eigenvalue weighted by molar-refractivity contribution is -0.126. The number of nitrogens with one attached hydrogen (secondary N) is 1. The summed E-state index contributed by atoms with van der Waals surface area (Å²) in [5.74, 6) is 0.893. The second kappa shape index (κ2) is 2.95. The topological polar surface area (TPSA) is 29.1 Å². The van der Waals surface area contributed by atoms with Crippen molar-refractivity contribution in [2.24, 2.45) is 10.8 Å². The fraction of sp³-hybridized carbons (Fsp3) is 0.889. The van der Waals surface area contributed by atoms with Crippen LogP contribution in [0.3, 0.4) is 0 Å². The van der Waals surface area contributed by atoms with Crippen molar-refractivity contribution >= 4 is 18.5 Å². The largest absolute Gasteiger partial charge is 0.355 e. The van der Waals surface area contributed by atoms with Crippen LogP contribution in [0, 0.1) is 10.8 Å². The average molecular weight is 187 g/mol. The van der Waals surface area contributed by atoms with Crippen molar-refractivity contribution in [1.29, 1.82) is 0 Å². The zero-order chi connectivity index (χ0) is 9.41. The van der Waals surface area contributed by atoms with Gasteiger partial charge in [-0.3, -0.25) is 4.79 Å². The van der Waals surface area contributed by atoms with Gasteiger partial charge >= 0.3 is 0 Å². The SMILES string of the molecule is CC1(C)CC1(C)C(=O)NCCS. The molecule has 1 rings (SSSR count). The fourth-order valence-electron chi connectivity index (χ4n) is 1.59. The van der Waals surface area contributed by atoms with Gasteiger partial charge in [-0.1, -0.05) is 20.8 Å². The number of thiol groups is 1. The Morgan fingerprint density at radius 3 is 2.33 bits per heavy atom. The van der Waals surface area contributed by atoms with Gasteiger partial charge in [0, 0.05) is 12.3 Å². The molecule has 0 aromatic carbocycles. The highest BCUT2D eigenvalue weighted by Crippen LogP contribution is 2.63. The first-order valence-corrected chi connectivity index (χ1v) is 4.96. The third-order valence-corrected chi connectivity index (χ3v) is 3.29. The summed E-state index contributed by atoms with van der Waals surface area (Å²) in [6, 6.07) is 0. The summed E-state index contributed by atoms with van der Waals surface area (Å²) < 4.78 is 0. The average Bonchev–Trinajstić information content (AvgIpc) is 2.48. The molecule has 1 aliphatic carbocycles. The molecule has 1 unspecified atom stereocenters. The molecular formula is C9H17NOS. The molecule has 0 radical (unpaired) electrons. The standard InChI is InChI=1S/C9H17NOS/c1-8(2)6-9(8,3)7(11)10-4-5-12/h12H,4-6H2,1-3H3,(H,10,11). The van der Waals surface area contributed by atoms with E-state index >= 15 is 0 Å². The summed E-state index contributed by atoms with van der Waals surface area (Å²) in [6.45, 7) is 6.97. The second-order valence-corrected chi connectivity index (χ2v) is 4.82. The number of hydrogen-bond donors (Lipinski definition) is 2. The summed E-state index contributed by atoms with van der Waals surface area (Å²) >= 11 is 4.04. The van der Waals surface area contributed by atoms with Crippen LogP contribution in [0.1, 0.15) is 27.2 Å². The zero-order valence-electron chi connectivity index (χ0n) is 7.98. The Kier molecular flexibility index (Phi) is 2.43. The van der Waals surface area contributed by atoms with Crippen LogP contribution >= 0.6 is 12.6 Å². The van der Waals surface area contributed by atoms with Crippen molar-refractivity contribution in [3.63, 3.8) is 0 Å². The molecule has 1 amide bonds. The van der Waals surface area contributed by atoms with Gasteiger partial charge in [0.05, 0.1) is 5.41 Å². The minimum absolute atomic E-state index is 0.129. The summed E-state index contributed by atoms with van der Waals surface area (Å²) in [6.07, 6.45) is 0.998. The van der Waals surface area contributed by atoms with E-state index in [-0.39, 0.29) is 16.7 Å². The van der Waals surface area contributed by atoms with Crippen molar-refractivity contribution < 1.29 is 4.79 Å². The van der Waals surface area contributed by atoms with Gasteiger partial charge in [-0.15, -0.1) is 0 Å². The Morgan fingerprint density at radius 2 is 2.00 bits per heavy atom. The van der Waals surface area contributed by atoms with Crippen molar-refractivity contribution in [3.8, 4) is 0 Å². The molecule has 0 spiro atoms. The third kappa shape index (κ3) is 1.47. The first kappa shape index (κ1) is 9.90. The van der Waals surface area contributed by atoms with E-state index < -0.39 is 0 Å². The normalized spacial score (nSPS) is 31.3. The van der Waals surface area contributed by atoms with E-state index in [2.05, 4.69) is 31.8 Å². The van der Waals surface area contributed by atoms with Crippen molar-refractivity contribution in [2.45, 2.75) is 27.2 Å². The van der Waals surface area contributed by atoms with Crippen molar-refractivity contribution in [3.05, 3.63) is 0 Å². The van der Waals surface area contributed by atoms with Crippen molar-refractivity contribution in [2.75, 3.05) is 12.3 Å². The molecule has 0 aromatic heterocycles. The smallest absolute Gasteiger partial charge is 0.226 e. The minimum atomic E-state index is -0.129. The van der Waals surface area contributed by atoms with E-state index in [9.17, 15) is 4.79 Å². The molecule has 0 heterocycles. The van der Waals surface area contributed by atoms with Gasteiger partial charge in [0.1, 0.15) is 0 Å². The molecule has 1 saturated carbocycles. The number of carbonyl (C=O) groups excluding carboxylic acids is 1. The maximum absolute atomic E-state index is 11.6. The minimum Gasteiger partial charge on any atom is -0.355 e. The Balaban J connectivity index is 2.45. The molecule has 0 bridgehead atoms. The Morgan fingerprint density at radius 1 is 1.50 bits per heavy atom. The van der Waals surface area contributed by atoms with Crippen LogP contribution < -0.4 is 5.32 Å². The molecule has 0 saturated heterocycles. The Hall–Kier alpha value is -0.180. The van der Waals surface area contributed by atoms with E-state index in [0.29, 0.717) is 12.3 Å². The van der Waals surface area contributed by atoms with Gasteiger partial charge in [0.15, 0.2) is 0 Å². The van der Waals surface area contributed by atoms with Crippen LogP contribution in [-0.4, -0.2) is 18.2 Å². The maximum atomic E-state index is 11.6. The summed E-state index contributed by atoms with van der Waals surface area (Å²) in [5, 5.41) is 2.88. The number of hydrogen-bond acceptors (Lipinski definition) is 2. The Bertz CT molecular complexity index is 203. The van der Waals surface area contributed by atoms with E-state index in [1.165, 1.54) is 0 Å². The van der Waals surface area contributed by atoms with Gasteiger partial charge in [-0.25, -0.2) is 0 Å². The summed E-state index contributed by atoms with van der Waals surface area (Å²) in [7, 11) is 0. The molecule has 0 aromatic rings. The first-order valence-electron chi connectivity index (χ1n) is 4.33. The molecular weight excluding hydrogens is 170 g/mol. The zero-order valence-corrected chi connectivity index (χ0v) is 8.87. The number of amides is 1. The molecule has 0 aliphatic heterocycles. The van der Waals surface area contributed by atoms with Crippen LogP contribution in [0.25, 0.3) is 0 Å². The lowest BCUT2D eigenvalue weighted by atomic mass is 9.97. The first-order chi connectivity index (χ1) is 5.44. The highest BCUT2D eigenvalue weighted by molar-refractivity contribution is 7.80. The number of carbonyl (C=O) groups is 1. The van der Waals surface area contributed by atoms with Crippen LogP contribution in [0.5, 0.6) is 0 Å². The highest BCUT2D eigenvalue weighted by atomic mass is 32.1. The van der Waals surface area contributed by atoms with Crippen LogP contribution in [-0.2, 0) is 4.79 Å². The third-order valence-electron chi connectivity index (χ3n) is 3.06. The van der Waals surface area contributed by atoms with Crippen LogP contribution in [0.2, 0.25) is 0 Å². The van der Waals surface area contributed by atoms with E-state index in [1.54, 1.807) is 0 Å². The fourth-order valence-corrected chi connectivity index (χ4v) is 1.70. The predicted molar refractivity (Wildman–Crippen MR) is 53.4 cm³/mol. The van der Waals surface area contributed by atoms with Crippen LogP contribution in [0.4, 0.5) is 0 Å². The van der Waals surface area contributed by atoms with Crippen molar-refractivity contribution in [1.82, 2.24) is 5.32 Å². The monoisotopic (exact) mass is 187 g/mol. The molecule has 1 fully saturated rings. The number of rotatable bonds is 3. The molecule has 70 valence electrons. The lowest BCUT2D eigenvalue weighted by Crippen LogP contribution is -2.34. The van der Waals surface area contributed by atoms with E-state index in [1.807, 2.05) is 6.92 Å². The van der Waals surface area contributed by atoms with E-state index in [4.69, 9.17) is 0 Å². The van der Waals surface area contributed by atoms with Gasteiger partial charge in [0.2, 0.25) is 5.91 Å². The van der Waals surface area contributed by atoms with Crippen LogP contribution in [0.15, 0.2) is 0 Å². The van der Waals surface area contributed by atoms with Gasteiger partial charge < -0.3 is 5.32 Å². The summed E-state index contributed by atoms with van der Waals surface area (Å²) in [5.41, 5.74) is 0.0592. The lowest BCUT2D eigenvalue weighted by Gasteiger charge is -2.13.